The molecule has 0 aliphatic carbocycles. The summed E-state index contributed by atoms with van der Waals surface area (Å²) in [5.74, 6) is 1.17. The van der Waals surface area contributed by atoms with Crippen LogP contribution in [0.3, 0.4) is 0 Å². The van der Waals surface area contributed by atoms with Gasteiger partial charge in [0.1, 0.15) is 0 Å². The minimum atomic E-state index is 0.0905. The van der Waals surface area contributed by atoms with Crippen molar-refractivity contribution in [1.82, 2.24) is 15.5 Å². The highest BCUT2D eigenvalue weighted by Crippen LogP contribution is 2.23. The van der Waals surface area contributed by atoms with Gasteiger partial charge >= 0.3 is 0 Å². The summed E-state index contributed by atoms with van der Waals surface area (Å²) in [4.78, 5) is 14.7. The fourth-order valence-electron chi connectivity index (χ4n) is 4.04. The third-order valence-corrected chi connectivity index (χ3v) is 5.97. The molecule has 1 N–H and O–H groups in total. The normalized spacial score (nSPS) is 14.4. The van der Waals surface area contributed by atoms with E-state index in [4.69, 9.17) is 0 Å². The minimum absolute atomic E-state index is 0.0905. The van der Waals surface area contributed by atoms with Crippen LogP contribution in [0.1, 0.15) is 30.4 Å². The highest BCUT2D eigenvalue weighted by atomic mass is 16.1. The second kappa shape index (κ2) is 10.2. The van der Waals surface area contributed by atoms with Crippen molar-refractivity contribution in [2.45, 2.75) is 32.6 Å². The lowest BCUT2D eigenvalue weighted by molar-refractivity contribution is -0.125. The van der Waals surface area contributed by atoms with E-state index in [1.807, 2.05) is 18.2 Å². The SMILES string of the molecule is Cc1ccc(-c2ccc(N3CCC(C(=O)NCCCc4ccccc4)CC3)nn2)cc1. The molecule has 0 radical (unpaired) electrons. The molecular formula is C26H30N4O. The number of nitrogens with one attached hydrogen (secondary N) is 1. The van der Waals surface area contributed by atoms with Crippen molar-refractivity contribution in [3.05, 3.63) is 77.9 Å². The topological polar surface area (TPSA) is 58.1 Å². The van der Waals surface area contributed by atoms with Crippen LogP contribution in [-0.2, 0) is 11.2 Å². The molecule has 1 aliphatic rings. The van der Waals surface area contributed by atoms with E-state index in [2.05, 4.69) is 75.9 Å². The van der Waals surface area contributed by atoms with E-state index >= 15 is 0 Å². The molecule has 1 aliphatic heterocycles. The highest BCUT2D eigenvalue weighted by Gasteiger charge is 2.25. The Kier molecular flexibility index (Phi) is 6.92. The quantitative estimate of drug-likeness (QED) is 0.582. The summed E-state index contributed by atoms with van der Waals surface area (Å²) in [5.41, 5.74) is 4.51. The molecule has 1 saturated heterocycles. The van der Waals surface area contributed by atoms with Crippen LogP contribution in [0.15, 0.2) is 66.7 Å². The van der Waals surface area contributed by atoms with Gasteiger partial charge in [0.15, 0.2) is 5.82 Å². The average molecular weight is 415 g/mol. The molecule has 3 aromatic rings. The van der Waals surface area contributed by atoms with Gasteiger partial charge in [0.05, 0.1) is 5.69 Å². The molecule has 5 heteroatoms. The smallest absolute Gasteiger partial charge is 0.223 e. The van der Waals surface area contributed by atoms with Crippen LogP contribution >= 0.6 is 0 Å². The zero-order valence-corrected chi connectivity index (χ0v) is 18.1. The van der Waals surface area contributed by atoms with Crippen molar-refractivity contribution in [2.24, 2.45) is 5.92 Å². The molecule has 2 aromatic carbocycles. The van der Waals surface area contributed by atoms with Gasteiger partial charge in [0.25, 0.3) is 0 Å². The number of hydrogen-bond donors (Lipinski definition) is 1. The fourth-order valence-corrected chi connectivity index (χ4v) is 4.04. The Morgan fingerprint density at radius 3 is 2.39 bits per heavy atom. The van der Waals surface area contributed by atoms with Gasteiger partial charge in [-0.25, -0.2) is 0 Å². The molecule has 0 unspecified atom stereocenters. The number of benzene rings is 2. The minimum Gasteiger partial charge on any atom is -0.356 e. The molecule has 0 bridgehead atoms. The van der Waals surface area contributed by atoms with E-state index in [0.717, 1.165) is 62.4 Å². The van der Waals surface area contributed by atoms with Crippen molar-refractivity contribution in [3.8, 4) is 11.3 Å². The van der Waals surface area contributed by atoms with Crippen LogP contribution in [0.2, 0.25) is 0 Å². The lowest BCUT2D eigenvalue weighted by atomic mass is 9.96. The molecular weight excluding hydrogens is 384 g/mol. The maximum atomic E-state index is 12.5. The predicted molar refractivity (Wildman–Crippen MR) is 125 cm³/mol. The monoisotopic (exact) mass is 414 g/mol. The summed E-state index contributed by atoms with van der Waals surface area (Å²) in [6.07, 6.45) is 3.67. The number of amides is 1. The molecule has 4 rings (SSSR count). The summed E-state index contributed by atoms with van der Waals surface area (Å²) in [6, 6.07) is 22.8. The van der Waals surface area contributed by atoms with E-state index in [1.165, 1.54) is 11.1 Å². The molecule has 5 nitrogen and oxygen atoms in total. The second-order valence-corrected chi connectivity index (χ2v) is 8.28. The largest absolute Gasteiger partial charge is 0.356 e. The molecule has 31 heavy (non-hydrogen) atoms. The third kappa shape index (κ3) is 5.69. The maximum absolute atomic E-state index is 12.5. The summed E-state index contributed by atoms with van der Waals surface area (Å²) in [6.45, 7) is 4.48. The van der Waals surface area contributed by atoms with Crippen molar-refractivity contribution in [3.63, 3.8) is 0 Å². The number of piperidine rings is 1. The van der Waals surface area contributed by atoms with Crippen LogP contribution in [0.4, 0.5) is 5.82 Å². The molecule has 0 spiro atoms. The Bertz CT molecular complexity index is 963. The summed E-state index contributed by atoms with van der Waals surface area (Å²) in [7, 11) is 0. The Labute approximate surface area is 184 Å². The van der Waals surface area contributed by atoms with E-state index in [9.17, 15) is 4.79 Å². The highest BCUT2D eigenvalue weighted by molar-refractivity contribution is 5.79. The number of carbonyl (C=O) groups is 1. The summed E-state index contributed by atoms with van der Waals surface area (Å²) < 4.78 is 0. The Morgan fingerprint density at radius 2 is 1.71 bits per heavy atom. The van der Waals surface area contributed by atoms with Crippen molar-refractivity contribution < 1.29 is 4.79 Å². The molecule has 0 saturated carbocycles. The van der Waals surface area contributed by atoms with Crippen molar-refractivity contribution >= 4 is 11.7 Å². The van der Waals surface area contributed by atoms with Crippen LogP contribution in [0, 0.1) is 12.8 Å². The third-order valence-electron chi connectivity index (χ3n) is 5.97. The first-order chi connectivity index (χ1) is 15.2. The Balaban J connectivity index is 1.22. The summed E-state index contributed by atoms with van der Waals surface area (Å²) >= 11 is 0. The number of aryl methyl sites for hydroxylation is 2. The first-order valence-electron chi connectivity index (χ1n) is 11.2. The first-order valence-corrected chi connectivity index (χ1v) is 11.2. The van der Waals surface area contributed by atoms with Crippen LogP contribution in [0.25, 0.3) is 11.3 Å². The first kappa shape index (κ1) is 21.0. The number of hydrogen-bond acceptors (Lipinski definition) is 4. The maximum Gasteiger partial charge on any atom is 0.223 e. The van der Waals surface area contributed by atoms with E-state index < -0.39 is 0 Å². The zero-order chi connectivity index (χ0) is 21.5. The number of anilines is 1. The van der Waals surface area contributed by atoms with Gasteiger partial charge in [-0.3, -0.25) is 4.79 Å². The lowest BCUT2D eigenvalue weighted by Crippen LogP contribution is -2.41. The molecule has 160 valence electrons. The molecule has 1 amide bonds. The number of aromatic nitrogens is 2. The number of carbonyl (C=O) groups excluding carboxylic acids is 1. The van der Waals surface area contributed by atoms with Gasteiger partial charge in [-0.1, -0.05) is 60.2 Å². The Hall–Kier alpha value is -3.21. The van der Waals surface area contributed by atoms with Crippen molar-refractivity contribution in [1.29, 1.82) is 0 Å². The van der Waals surface area contributed by atoms with E-state index in [1.54, 1.807) is 0 Å². The molecule has 1 fully saturated rings. The van der Waals surface area contributed by atoms with Crippen molar-refractivity contribution in [2.75, 3.05) is 24.5 Å². The number of nitrogens with zero attached hydrogens (tertiary/aromatic N) is 3. The van der Waals surface area contributed by atoms with Crippen LogP contribution in [0.5, 0.6) is 0 Å². The van der Waals surface area contributed by atoms with E-state index in [-0.39, 0.29) is 11.8 Å². The average Bonchev–Trinajstić information content (AvgIpc) is 2.83. The van der Waals surface area contributed by atoms with Crippen LogP contribution < -0.4 is 10.2 Å². The summed E-state index contributed by atoms with van der Waals surface area (Å²) in [5, 5.41) is 12.0. The molecule has 2 heterocycles. The van der Waals surface area contributed by atoms with Gasteiger partial charge in [-0.05, 0) is 50.3 Å². The molecule has 0 atom stereocenters. The van der Waals surface area contributed by atoms with Crippen LogP contribution in [-0.4, -0.2) is 35.7 Å². The number of rotatable bonds is 7. The van der Waals surface area contributed by atoms with Gasteiger partial charge < -0.3 is 10.2 Å². The van der Waals surface area contributed by atoms with Gasteiger partial charge in [0.2, 0.25) is 5.91 Å². The lowest BCUT2D eigenvalue weighted by Gasteiger charge is -2.31. The standard InChI is InChI=1S/C26H30N4O/c1-20-9-11-22(12-10-20)24-13-14-25(29-28-24)30-18-15-23(16-19-30)26(31)27-17-5-8-21-6-3-2-4-7-21/h2-4,6-7,9-14,23H,5,8,15-19H2,1H3,(H,27,31). The second-order valence-electron chi connectivity index (χ2n) is 8.28. The zero-order valence-electron chi connectivity index (χ0n) is 18.1. The predicted octanol–water partition coefficient (Wildman–Crippen LogP) is 4.42. The van der Waals surface area contributed by atoms with Gasteiger partial charge in [-0.2, -0.15) is 0 Å². The fraction of sp³-hybridized carbons (Fsp3) is 0.346. The van der Waals surface area contributed by atoms with Gasteiger partial charge in [0, 0.05) is 31.1 Å². The Morgan fingerprint density at radius 1 is 0.968 bits per heavy atom. The van der Waals surface area contributed by atoms with E-state index in [0.29, 0.717) is 0 Å². The molecule has 1 aromatic heterocycles. The van der Waals surface area contributed by atoms with Gasteiger partial charge in [-0.15, -0.1) is 10.2 Å².